The first kappa shape index (κ1) is 60.4. The van der Waals surface area contributed by atoms with Crippen molar-refractivity contribution in [3.8, 4) is 0 Å². The fraction of sp³-hybridized carbons (Fsp3) is 0.946. The molecule has 0 aromatic carbocycles. The summed E-state index contributed by atoms with van der Waals surface area (Å²) in [5, 5.41) is 0. The highest BCUT2D eigenvalue weighted by atomic mass is 16.6. The van der Waals surface area contributed by atoms with Crippen molar-refractivity contribution in [3.63, 3.8) is 0 Å². The van der Waals surface area contributed by atoms with Gasteiger partial charge in [0, 0.05) is 19.3 Å². The van der Waals surface area contributed by atoms with E-state index in [2.05, 4.69) is 27.7 Å². The number of esters is 3. The summed E-state index contributed by atoms with van der Waals surface area (Å²) in [5.41, 5.74) is 0. The summed E-state index contributed by atoms with van der Waals surface area (Å²) in [4.78, 5) is 38.0. The molecule has 6 nitrogen and oxygen atoms in total. The van der Waals surface area contributed by atoms with Crippen molar-refractivity contribution in [3.05, 3.63) is 0 Å². The molecular weight excluding hydrogens is 769 g/mol. The molecule has 0 aliphatic rings. The first-order valence-corrected chi connectivity index (χ1v) is 27.9. The van der Waals surface area contributed by atoms with Crippen LogP contribution in [0, 0.1) is 5.92 Å². The van der Waals surface area contributed by atoms with Gasteiger partial charge in [-0.2, -0.15) is 0 Å². The van der Waals surface area contributed by atoms with Gasteiger partial charge in [-0.25, -0.2) is 0 Å². The zero-order chi connectivity index (χ0) is 45.2. The molecule has 0 saturated heterocycles. The smallest absolute Gasteiger partial charge is 0.306 e. The molecule has 6 heteroatoms. The van der Waals surface area contributed by atoms with Gasteiger partial charge in [-0.1, -0.05) is 278 Å². The molecule has 0 radical (unpaired) electrons. The lowest BCUT2D eigenvalue weighted by Gasteiger charge is -2.18. The highest BCUT2D eigenvalue weighted by Crippen LogP contribution is 2.18. The van der Waals surface area contributed by atoms with Crippen molar-refractivity contribution in [2.45, 2.75) is 323 Å². The molecule has 0 rings (SSSR count). The minimum Gasteiger partial charge on any atom is -0.462 e. The Bertz CT molecular complexity index is 933. The van der Waals surface area contributed by atoms with Gasteiger partial charge in [0.2, 0.25) is 0 Å². The minimum absolute atomic E-state index is 0.0621. The van der Waals surface area contributed by atoms with Gasteiger partial charge in [-0.3, -0.25) is 14.4 Å². The minimum atomic E-state index is -0.760. The third-order valence-corrected chi connectivity index (χ3v) is 12.8. The number of hydrogen-bond acceptors (Lipinski definition) is 6. The molecule has 0 fully saturated rings. The van der Waals surface area contributed by atoms with Gasteiger partial charge >= 0.3 is 17.9 Å². The maximum Gasteiger partial charge on any atom is 0.306 e. The Labute approximate surface area is 387 Å². The van der Waals surface area contributed by atoms with Crippen molar-refractivity contribution >= 4 is 17.9 Å². The number of carbonyl (C=O) groups is 3. The molecule has 0 aliphatic carbocycles. The first-order chi connectivity index (χ1) is 30.4. The van der Waals surface area contributed by atoms with E-state index in [0.29, 0.717) is 19.3 Å². The van der Waals surface area contributed by atoms with Gasteiger partial charge in [-0.15, -0.1) is 0 Å². The van der Waals surface area contributed by atoms with Crippen LogP contribution in [0.3, 0.4) is 0 Å². The summed E-state index contributed by atoms with van der Waals surface area (Å²) >= 11 is 0. The van der Waals surface area contributed by atoms with Crippen LogP contribution < -0.4 is 0 Å². The van der Waals surface area contributed by atoms with Crippen molar-refractivity contribution in [1.29, 1.82) is 0 Å². The SMILES string of the molecule is CCCCCCCCCCCCCCCCC(=O)OC[C@@H](COC(=O)CCCCCCCCCCCCCCCCCCC(C)C)OC(=O)CCCCCCCCCCCCC. The second-order valence-corrected chi connectivity index (χ2v) is 19.7. The predicted octanol–water partition coefficient (Wildman–Crippen LogP) is 18.2. The van der Waals surface area contributed by atoms with Crippen molar-refractivity contribution < 1.29 is 28.6 Å². The van der Waals surface area contributed by atoms with Gasteiger partial charge in [-0.05, 0) is 25.2 Å². The topological polar surface area (TPSA) is 78.9 Å². The zero-order valence-electron chi connectivity index (χ0n) is 42.3. The molecule has 368 valence electrons. The molecule has 0 amide bonds. The average Bonchev–Trinajstić information content (AvgIpc) is 3.26. The van der Waals surface area contributed by atoms with Gasteiger partial charge < -0.3 is 14.2 Å². The van der Waals surface area contributed by atoms with E-state index in [4.69, 9.17) is 14.2 Å². The van der Waals surface area contributed by atoms with Gasteiger partial charge in [0.15, 0.2) is 6.10 Å². The second-order valence-electron chi connectivity index (χ2n) is 19.7. The van der Waals surface area contributed by atoms with Crippen LogP contribution in [0.4, 0.5) is 0 Å². The molecule has 62 heavy (non-hydrogen) atoms. The van der Waals surface area contributed by atoms with E-state index in [1.54, 1.807) is 0 Å². The third-order valence-electron chi connectivity index (χ3n) is 12.8. The summed E-state index contributed by atoms with van der Waals surface area (Å²) in [7, 11) is 0. The zero-order valence-corrected chi connectivity index (χ0v) is 42.3. The number of unbranched alkanes of at least 4 members (excludes halogenated alkanes) is 38. The lowest BCUT2D eigenvalue weighted by Crippen LogP contribution is -2.30. The normalized spacial score (nSPS) is 12.0. The second kappa shape index (κ2) is 50.4. The lowest BCUT2D eigenvalue weighted by molar-refractivity contribution is -0.167. The van der Waals surface area contributed by atoms with E-state index < -0.39 is 6.10 Å². The van der Waals surface area contributed by atoms with Gasteiger partial charge in [0.1, 0.15) is 13.2 Å². The maximum absolute atomic E-state index is 12.8. The molecule has 0 saturated carbocycles. The Morgan fingerprint density at radius 2 is 0.532 bits per heavy atom. The van der Waals surface area contributed by atoms with E-state index in [1.807, 2.05) is 0 Å². The van der Waals surface area contributed by atoms with Gasteiger partial charge in [0.25, 0.3) is 0 Å². The van der Waals surface area contributed by atoms with Crippen molar-refractivity contribution in [2.24, 2.45) is 5.92 Å². The molecular formula is C56H108O6. The van der Waals surface area contributed by atoms with Crippen molar-refractivity contribution in [1.82, 2.24) is 0 Å². The monoisotopic (exact) mass is 877 g/mol. The number of hydrogen-bond donors (Lipinski definition) is 0. The molecule has 0 aromatic rings. The number of rotatable bonds is 51. The van der Waals surface area contributed by atoms with Crippen LogP contribution in [-0.2, 0) is 28.6 Å². The average molecular weight is 877 g/mol. The Hall–Kier alpha value is -1.59. The Morgan fingerprint density at radius 3 is 0.790 bits per heavy atom. The molecule has 1 atom stereocenters. The molecule has 0 heterocycles. The summed E-state index contributed by atoms with van der Waals surface area (Å²) in [6.45, 7) is 9.05. The molecule has 0 unspecified atom stereocenters. The summed E-state index contributed by atoms with van der Waals surface area (Å²) in [6, 6.07) is 0. The fourth-order valence-corrected chi connectivity index (χ4v) is 8.57. The van der Waals surface area contributed by atoms with Crippen molar-refractivity contribution in [2.75, 3.05) is 13.2 Å². The molecule has 0 spiro atoms. The lowest BCUT2D eigenvalue weighted by atomic mass is 10.0. The first-order valence-electron chi connectivity index (χ1n) is 27.9. The molecule has 0 aromatic heterocycles. The molecule has 0 aliphatic heterocycles. The summed E-state index contributed by atoms with van der Waals surface area (Å²) in [6.07, 6.45) is 53.7. The molecule has 0 bridgehead atoms. The summed E-state index contributed by atoms with van der Waals surface area (Å²) < 4.78 is 16.8. The predicted molar refractivity (Wildman–Crippen MR) is 266 cm³/mol. The summed E-state index contributed by atoms with van der Waals surface area (Å²) in [5.74, 6) is 0.0140. The van der Waals surface area contributed by atoms with Gasteiger partial charge in [0.05, 0.1) is 0 Å². The Balaban J connectivity index is 4.23. The van der Waals surface area contributed by atoms with E-state index in [0.717, 1.165) is 63.7 Å². The van der Waals surface area contributed by atoms with Crippen LogP contribution in [0.1, 0.15) is 317 Å². The van der Waals surface area contributed by atoms with Crippen LogP contribution in [0.2, 0.25) is 0 Å². The standard InChI is InChI=1S/C56H108O6/c1-5-7-9-11-13-15-17-18-24-28-31-35-39-43-47-54(57)60-50-53(62-56(59)49-45-41-37-33-26-16-14-12-10-8-6-2)51-61-55(58)48-44-40-36-32-29-25-22-20-19-21-23-27-30-34-38-42-46-52(3)4/h52-53H,5-51H2,1-4H3/t53-/m0/s1. The third kappa shape index (κ3) is 49.4. The quantitative estimate of drug-likeness (QED) is 0.0344. The van der Waals surface area contributed by atoms with E-state index in [-0.39, 0.29) is 31.1 Å². The van der Waals surface area contributed by atoms with Crippen LogP contribution >= 0.6 is 0 Å². The fourth-order valence-electron chi connectivity index (χ4n) is 8.57. The van der Waals surface area contributed by atoms with Crippen LogP contribution in [0.25, 0.3) is 0 Å². The molecule has 0 N–H and O–H groups in total. The Morgan fingerprint density at radius 1 is 0.306 bits per heavy atom. The largest absolute Gasteiger partial charge is 0.462 e. The van der Waals surface area contributed by atoms with Crippen LogP contribution in [-0.4, -0.2) is 37.2 Å². The van der Waals surface area contributed by atoms with Crippen LogP contribution in [0.15, 0.2) is 0 Å². The van der Waals surface area contributed by atoms with E-state index in [1.165, 1.54) is 212 Å². The van der Waals surface area contributed by atoms with E-state index >= 15 is 0 Å². The van der Waals surface area contributed by atoms with Crippen LogP contribution in [0.5, 0.6) is 0 Å². The number of carbonyl (C=O) groups excluding carboxylic acids is 3. The van der Waals surface area contributed by atoms with E-state index in [9.17, 15) is 14.4 Å². The number of ether oxygens (including phenoxy) is 3. The maximum atomic E-state index is 12.8. The highest BCUT2D eigenvalue weighted by molar-refractivity contribution is 5.71. The highest BCUT2D eigenvalue weighted by Gasteiger charge is 2.19. The Kier molecular flexibility index (Phi) is 49.1.